The van der Waals surface area contributed by atoms with E-state index in [1.807, 2.05) is 20.8 Å². The number of rotatable bonds is 1. The van der Waals surface area contributed by atoms with E-state index in [4.69, 9.17) is 9.47 Å². The van der Waals surface area contributed by atoms with Crippen LogP contribution in [0.3, 0.4) is 0 Å². The molecule has 23 heavy (non-hydrogen) atoms. The normalized spacial score (nSPS) is 23.0. The molecule has 2 saturated heterocycles. The van der Waals surface area contributed by atoms with Gasteiger partial charge in [0.15, 0.2) is 0 Å². The van der Waals surface area contributed by atoms with E-state index < -0.39 is 5.60 Å². The minimum Gasteiger partial charge on any atom is -0.466 e. The zero-order chi connectivity index (χ0) is 17.1. The number of ether oxygens (including phenoxy) is 3. The van der Waals surface area contributed by atoms with Crippen molar-refractivity contribution in [3.05, 3.63) is 11.6 Å². The highest BCUT2D eigenvalue weighted by Crippen LogP contribution is 2.36. The van der Waals surface area contributed by atoms with Crippen LogP contribution in [0.2, 0.25) is 0 Å². The average Bonchev–Trinajstić information content (AvgIpc) is 2.48. The van der Waals surface area contributed by atoms with Crippen LogP contribution in [0, 0.1) is 0 Å². The molecule has 0 N–H and O–H groups in total. The summed E-state index contributed by atoms with van der Waals surface area (Å²) in [5.41, 5.74) is 0.324. The van der Waals surface area contributed by atoms with Crippen molar-refractivity contribution < 1.29 is 23.8 Å². The van der Waals surface area contributed by atoms with Crippen molar-refractivity contribution in [1.29, 1.82) is 0 Å². The average molecular weight is 325 g/mol. The second-order valence-electron chi connectivity index (χ2n) is 7.26. The van der Waals surface area contributed by atoms with E-state index in [9.17, 15) is 9.59 Å². The van der Waals surface area contributed by atoms with Crippen LogP contribution in [0.25, 0.3) is 0 Å². The van der Waals surface area contributed by atoms with Crippen molar-refractivity contribution in [2.75, 3.05) is 26.8 Å². The van der Waals surface area contributed by atoms with Gasteiger partial charge in [0.2, 0.25) is 0 Å². The smallest absolute Gasteiger partial charge is 0.410 e. The minimum absolute atomic E-state index is 0.175. The van der Waals surface area contributed by atoms with Gasteiger partial charge >= 0.3 is 12.1 Å². The number of carbonyl (C=O) groups excluding carboxylic acids is 2. The van der Waals surface area contributed by atoms with Crippen molar-refractivity contribution in [1.82, 2.24) is 4.90 Å². The van der Waals surface area contributed by atoms with Gasteiger partial charge in [0, 0.05) is 19.2 Å². The zero-order valence-corrected chi connectivity index (χ0v) is 14.5. The summed E-state index contributed by atoms with van der Waals surface area (Å²) in [6, 6.07) is 0. The van der Waals surface area contributed by atoms with Crippen LogP contribution < -0.4 is 0 Å². The van der Waals surface area contributed by atoms with Crippen LogP contribution in [-0.4, -0.2) is 55.0 Å². The van der Waals surface area contributed by atoms with Gasteiger partial charge in [-0.05, 0) is 52.0 Å². The van der Waals surface area contributed by atoms with Crippen molar-refractivity contribution in [3.8, 4) is 0 Å². The highest BCUT2D eigenvalue weighted by atomic mass is 16.6. The standard InChI is InChI=1S/C17H27NO5/c1-16(2,3)23-15(20)18-9-7-17(8-10-18)6-5-13(12-22-17)11-14(19)21-4/h11H,5-10,12H2,1-4H3. The topological polar surface area (TPSA) is 65.1 Å². The van der Waals surface area contributed by atoms with Gasteiger partial charge in [-0.1, -0.05) is 0 Å². The molecule has 0 aliphatic carbocycles. The molecule has 0 aromatic carbocycles. The first-order chi connectivity index (χ1) is 10.7. The second-order valence-corrected chi connectivity index (χ2v) is 7.26. The first-order valence-electron chi connectivity index (χ1n) is 8.12. The summed E-state index contributed by atoms with van der Waals surface area (Å²) in [6.45, 7) is 7.36. The van der Waals surface area contributed by atoms with Crippen molar-refractivity contribution in [2.24, 2.45) is 0 Å². The highest BCUT2D eigenvalue weighted by Gasteiger charge is 2.39. The van der Waals surface area contributed by atoms with Gasteiger partial charge < -0.3 is 19.1 Å². The van der Waals surface area contributed by atoms with Crippen LogP contribution in [-0.2, 0) is 19.0 Å². The van der Waals surface area contributed by atoms with Gasteiger partial charge in [-0.25, -0.2) is 9.59 Å². The third-order valence-corrected chi connectivity index (χ3v) is 4.32. The van der Waals surface area contributed by atoms with Gasteiger partial charge in [-0.15, -0.1) is 0 Å². The first-order valence-corrected chi connectivity index (χ1v) is 8.12. The molecule has 1 amide bonds. The van der Waals surface area contributed by atoms with E-state index in [-0.39, 0.29) is 17.7 Å². The second kappa shape index (κ2) is 6.91. The predicted octanol–water partition coefficient (Wildman–Crippen LogP) is 2.67. The molecular weight excluding hydrogens is 298 g/mol. The van der Waals surface area contributed by atoms with E-state index in [0.29, 0.717) is 19.7 Å². The number of methoxy groups -OCH3 is 1. The number of nitrogens with zero attached hydrogens (tertiary/aromatic N) is 1. The van der Waals surface area contributed by atoms with Gasteiger partial charge in [0.05, 0.1) is 19.3 Å². The number of esters is 1. The fraction of sp³-hybridized carbons (Fsp3) is 0.765. The lowest BCUT2D eigenvalue weighted by Gasteiger charge is -2.44. The Morgan fingerprint density at radius 3 is 2.35 bits per heavy atom. The quantitative estimate of drug-likeness (QED) is 0.548. The highest BCUT2D eigenvalue weighted by molar-refractivity contribution is 5.82. The van der Waals surface area contributed by atoms with Gasteiger partial charge in [-0.2, -0.15) is 0 Å². The predicted molar refractivity (Wildman–Crippen MR) is 85.1 cm³/mol. The molecule has 0 unspecified atom stereocenters. The summed E-state index contributed by atoms with van der Waals surface area (Å²) in [5, 5.41) is 0. The largest absolute Gasteiger partial charge is 0.466 e. The van der Waals surface area contributed by atoms with Crippen LogP contribution in [0.4, 0.5) is 4.79 Å². The van der Waals surface area contributed by atoms with Crippen LogP contribution in [0.15, 0.2) is 11.6 Å². The lowest BCUT2D eigenvalue weighted by Crippen LogP contribution is -2.50. The maximum atomic E-state index is 12.1. The minimum atomic E-state index is -0.471. The summed E-state index contributed by atoms with van der Waals surface area (Å²) >= 11 is 0. The number of piperidine rings is 1. The van der Waals surface area contributed by atoms with Crippen molar-refractivity contribution in [3.63, 3.8) is 0 Å². The Morgan fingerprint density at radius 1 is 1.22 bits per heavy atom. The summed E-state index contributed by atoms with van der Waals surface area (Å²) in [5.74, 6) is -0.334. The molecular formula is C17H27NO5. The SMILES string of the molecule is COC(=O)C=C1CCC2(CCN(C(=O)OC(C)(C)C)CC2)OC1. The number of carbonyl (C=O) groups is 2. The van der Waals surface area contributed by atoms with Gasteiger partial charge in [0.25, 0.3) is 0 Å². The van der Waals surface area contributed by atoms with E-state index in [2.05, 4.69) is 4.74 Å². The number of amides is 1. The lowest BCUT2D eigenvalue weighted by atomic mass is 9.83. The molecule has 2 aliphatic rings. The maximum absolute atomic E-state index is 12.1. The van der Waals surface area contributed by atoms with E-state index in [0.717, 1.165) is 31.3 Å². The molecule has 1 spiro atoms. The molecule has 0 saturated carbocycles. The molecule has 2 fully saturated rings. The van der Waals surface area contributed by atoms with Crippen molar-refractivity contribution in [2.45, 2.75) is 57.7 Å². The zero-order valence-electron chi connectivity index (χ0n) is 14.5. The van der Waals surface area contributed by atoms with Gasteiger partial charge in [0.1, 0.15) is 5.60 Å². The first kappa shape index (κ1) is 17.8. The Labute approximate surface area is 137 Å². The molecule has 6 heteroatoms. The van der Waals surface area contributed by atoms with E-state index >= 15 is 0 Å². The van der Waals surface area contributed by atoms with Crippen LogP contribution in [0.1, 0.15) is 46.5 Å². The molecule has 0 radical (unpaired) electrons. The number of hydrogen-bond acceptors (Lipinski definition) is 5. The third-order valence-electron chi connectivity index (χ3n) is 4.32. The van der Waals surface area contributed by atoms with Crippen molar-refractivity contribution >= 4 is 12.1 Å². The Balaban J connectivity index is 1.84. The molecule has 0 aromatic rings. The van der Waals surface area contributed by atoms with Crippen LogP contribution in [0.5, 0.6) is 0 Å². The summed E-state index contributed by atoms with van der Waals surface area (Å²) in [6.07, 6.45) is 4.58. The lowest BCUT2D eigenvalue weighted by molar-refractivity contribution is -0.135. The molecule has 2 rings (SSSR count). The monoisotopic (exact) mass is 325 g/mol. The summed E-state index contributed by atoms with van der Waals surface area (Å²) in [4.78, 5) is 25.1. The Bertz CT molecular complexity index is 472. The molecule has 130 valence electrons. The van der Waals surface area contributed by atoms with Crippen LogP contribution >= 0.6 is 0 Å². The number of hydrogen-bond donors (Lipinski definition) is 0. The summed E-state index contributed by atoms with van der Waals surface area (Å²) < 4.78 is 16.1. The Hall–Kier alpha value is -1.56. The molecule has 2 heterocycles. The fourth-order valence-corrected chi connectivity index (χ4v) is 2.94. The third kappa shape index (κ3) is 4.96. The maximum Gasteiger partial charge on any atom is 0.410 e. The Kier molecular flexibility index (Phi) is 5.34. The molecule has 0 bridgehead atoms. The van der Waals surface area contributed by atoms with E-state index in [1.54, 1.807) is 4.90 Å². The Morgan fingerprint density at radius 2 is 1.87 bits per heavy atom. The molecule has 2 aliphatic heterocycles. The number of likely N-dealkylation sites (tertiary alicyclic amines) is 1. The molecule has 6 nitrogen and oxygen atoms in total. The summed E-state index contributed by atoms with van der Waals surface area (Å²) in [7, 11) is 1.37. The van der Waals surface area contributed by atoms with E-state index in [1.165, 1.54) is 13.2 Å². The molecule has 0 atom stereocenters. The fourth-order valence-electron chi connectivity index (χ4n) is 2.94. The molecule has 0 aromatic heterocycles. The van der Waals surface area contributed by atoms with Gasteiger partial charge in [-0.3, -0.25) is 0 Å².